The van der Waals surface area contributed by atoms with Gasteiger partial charge in [-0.15, -0.1) is 0 Å². The number of nitrogens with two attached hydrogens (primary N) is 3. The smallest absolute Gasteiger partial charge is 1.00 e. The fourth-order valence-electron chi connectivity index (χ4n) is 4.65. The van der Waals surface area contributed by atoms with E-state index in [4.69, 9.17) is 20.9 Å². The first-order valence-corrected chi connectivity index (χ1v) is 19.9. The minimum Gasteiger partial charge on any atom is -1.00 e. The predicted molar refractivity (Wildman–Crippen MR) is 199 cm³/mol. The number of nitrogens with one attached hydrogen (secondary N) is 1. The van der Waals surface area contributed by atoms with Crippen LogP contribution in [0.15, 0.2) is 121 Å². The molecule has 0 bridgehead atoms. The van der Waals surface area contributed by atoms with Crippen LogP contribution in [0.2, 0.25) is 0 Å². The topological polar surface area (TPSA) is 208 Å². The minimum absolute atomic E-state index is 0. The van der Waals surface area contributed by atoms with Crippen LogP contribution in [0.3, 0.4) is 0 Å². The molecule has 16 heteroatoms. The Morgan fingerprint density at radius 3 is 1.20 bits per heavy atom. The molecular formula is C35H47BrK2N4O7S2. The van der Waals surface area contributed by atoms with Crippen LogP contribution < -0.4 is 129 Å². The molecule has 0 heterocycles. The normalized spacial score (nSPS) is 10.4. The average Bonchev–Trinajstić information content (AvgIpc) is 3.10. The van der Waals surface area contributed by atoms with E-state index < -0.39 is 20.0 Å². The second kappa shape index (κ2) is 32.1. The first kappa shape index (κ1) is 52.9. The number of rotatable bonds is 15. The van der Waals surface area contributed by atoms with Crippen molar-refractivity contribution >= 4 is 42.4 Å². The van der Waals surface area contributed by atoms with Crippen molar-refractivity contribution in [3.05, 3.63) is 144 Å². The predicted octanol–water partition coefficient (Wildman–Crippen LogP) is -2.52. The average molecular weight is 858 g/mol. The summed E-state index contributed by atoms with van der Waals surface area (Å²) in [4.78, 5) is 11.2. The Hall–Kier alpha value is -0.197. The summed E-state index contributed by atoms with van der Waals surface area (Å²) in [7, 11) is -6.69. The van der Waals surface area contributed by atoms with E-state index in [1.165, 1.54) is 22.3 Å². The van der Waals surface area contributed by atoms with Gasteiger partial charge in [0.15, 0.2) is 0 Å². The summed E-state index contributed by atoms with van der Waals surface area (Å²) in [5.41, 5.74) is 10.2. The van der Waals surface area contributed by atoms with E-state index in [2.05, 4.69) is 116 Å². The molecule has 4 aromatic rings. The zero-order chi connectivity index (χ0) is 36.4. The van der Waals surface area contributed by atoms with E-state index in [9.17, 15) is 16.8 Å². The Bertz CT molecular complexity index is 1560. The van der Waals surface area contributed by atoms with Gasteiger partial charge in [-0.25, -0.2) is 27.1 Å². The first-order chi connectivity index (χ1) is 23.5. The third-order valence-corrected chi connectivity index (χ3v) is 8.86. The van der Waals surface area contributed by atoms with Gasteiger partial charge in [-0.05, 0) is 41.6 Å². The molecule has 11 nitrogen and oxygen atoms in total. The molecular weight excluding hydrogens is 811 g/mol. The summed E-state index contributed by atoms with van der Waals surface area (Å²) in [6.45, 7) is 1.04. The summed E-state index contributed by atoms with van der Waals surface area (Å²) in [6, 6.07) is 42.1. The van der Waals surface area contributed by atoms with Gasteiger partial charge >= 0.3 is 103 Å². The number of primary sulfonamides is 2. The fraction of sp³-hybridized carbons (Fsp3) is 0.286. The Morgan fingerprint density at radius 2 is 0.961 bits per heavy atom. The van der Waals surface area contributed by atoms with Crippen LogP contribution in [0.5, 0.6) is 0 Å². The molecule has 51 heavy (non-hydrogen) atoms. The summed E-state index contributed by atoms with van der Waals surface area (Å²) < 4.78 is 41.7. The van der Waals surface area contributed by atoms with Crippen LogP contribution in [-0.2, 0) is 29.7 Å². The van der Waals surface area contributed by atoms with Crippen LogP contribution in [0, 0.1) is 0 Å². The van der Waals surface area contributed by atoms with Gasteiger partial charge in [0.2, 0.25) is 20.0 Å². The van der Waals surface area contributed by atoms with Gasteiger partial charge in [0, 0.05) is 30.3 Å². The first-order valence-electron chi connectivity index (χ1n) is 15.4. The van der Waals surface area contributed by atoms with E-state index in [0.717, 1.165) is 24.7 Å². The van der Waals surface area contributed by atoms with Gasteiger partial charge in [0.25, 0.3) is 6.47 Å². The Morgan fingerprint density at radius 1 is 0.647 bits per heavy atom. The van der Waals surface area contributed by atoms with E-state index in [1.54, 1.807) is 0 Å². The molecule has 0 radical (unpaired) electrons. The number of benzene rings is 4. The molecule has 0 unspecified atom stereocenters. The standard InChI is InChI=1S/C17H22N2O2S.C15H15Br.C2H8N2O2S.CH2O3.2K.H/c18-22(20,21)14-13-19-12-11-17(15-7-3-1-4-8-15)16-9-5-2-6-10-16;16-12-11-15(13-7-3-1-4-8-13)14-9-5-2-6-10-14;3-1-2-7(4,5)6;2-1-4-3;;;/h1-10,17,19H,11-14H2,(H2,18,20,21);1-10,15H,11-12H2;1-3H2,(H2,4,5,6);1,3H;;;/q;;;;2*+1;-1/p-1. The van der Waals surface area contributed by atoms with Crippen molar-refractivity contribution in [1.82, 2.24) is 5.32 Å². The molecule has 0 aromatic heterocycles. The van der Waals surface area contributed by atoms with Gasteiger partial charge in [-0.3, -0.25) is 4.79 Å². The molecule has 0 amide bonds. The fourth-order valence-corrected chi connectivity index (χ4v) is 5.87. The molecule has 4 aromatic carbocycles. The molecule has 4 rings (SSSR count). The third kappa shape index (κ3) is 27.1. The SMILES string of the molecule is BrCCC(c1ccccc1)c1ccccc1.NCCS(N)(=O)=O.NS(=O)(=O)CCNCCC(c1ccccc1)c1ccccc1.O=CO[O-].[H-].[K+].[K+]. The number of alkyl halides is 1. The zero-order valence-corrected chi connectivity index (χ0v) is 38.7. The largest absolute Gasteiger partial charge is 1.00 e. The van der Waals surface area contributed by atoms with Crippen LogP contribution >= 0.6 is 15.9 Å². The van der Waals surface area contributed by atoms with E-state index in [-0.39, 0.29) is 129 Å². The second-order valence-electron chi connectivity index (χ2n) is 10.5. The summed E-state index contributed by atoms with van der Waals surface area (Å²) >= 11 is 3.54. The third-order valence-electron chi connectivity index (χ3n) is 6.82. The number of halogens is 1. The van der Waals surface area contributed by atoms with Gasteiger partial charge in [0.1, 0.15) is 0 Å². The van der Waals surface area contributed by atoms with Crippen molar-refractivity contribution in [1.29, 1.82) is 0 Å². The summed E-state index contributed by atoms with van der Waals surface area (Å²) in [5.74, 6) is 0.632. The maximum Gasteiger partial charge on any atom is 1.00 e. The molecule has 0 aliphatic heterocycles. The van der Waals surface area contributed by atoms with Crippen molar-refractivity contribution in [3.63, 3.8) is 0 Å². The summed E-state index contributed by atoms with van der Waals surface area (Å²) in [6.07, 6.45) is 2.03. The van der Waals surface area contributed by atoms with Crippen molar-refractivity contribution in [2.75, 3.05) is 36.5 Å². The van der Waals surface area contributed by atoms with Crippen LogP contribution in [-0.4, -0.2) is 59.8 Å². The number of carbonyl (C=O) groups excluding carboxylic acids is 1. The van der Waals surface area contributed by atoms with Crippen molar-refractivity contribution in [3.8, 4) is 0 Å². The Labute approximate surface area is 398 Å². The molecule has 0 saturated carbocycles. The number of hydrogen-bond acceptors (Lipinski definition) is 9. The van der Waals surface area contributed by atoms with Crippen LogP contribution in [0.4, 0.5) is 0 Å². The van der Waals surface area contributed by atoms with Gasteiger partial charge in [0.05, 0.1) is 11.5 Å². The Kier molecular flexibility index (Phi) is 33.3. The maximum absolute atomic E-state index is 10.9. The van der Waals surface area contributed by atoms with Crippen LogP contribution in [0.25, 0.3) is 0 Å². The van der Waals surface area contributed by atoms with Crippen LogP contribution in [0.1, 0.15) is 48.4 Å². The van der Waals surface area contributed by atoms with E-state index in [0.29, 0.717) is 18.4 Å². The number of carbonyl (C=O) groups is 1. The minimum atomic E-state index is -3.39. The van der Waals surface area contributed by atoms with Gasteiger partial charge < -0.3 is 22.6 Å². The van der Waals surface area contributed by atoms with E-state index >= 15 is 0 Å². The molecule has 0 aliphatic carbocycles. The molecule has 0 saturated heterocycles. The molecule has 7 N–H and O–H groups in total. The second-order valence-corrected chi connectivity index (χ2v) is 14.7. The van der Waals surface area contributed by atoms with Gasteiger partial charge in [-0.1, -0.05) is 137 Å². The molecule has 0 spiro atoms. The molecule has 270 valence electrons. The molecule has 0 aliphatic rings. The monoisotopic (exact) mass is 856 g/mol. The maximum atomic E-state index is 10.9. The van der Waals surface area contributed by atoms with Crippen molar-refractivity contribution in [2.45, 2.75) is 24.7 Å². The van der Waals surface area contributed by atoms with Gasteiger partial charge in [-0.2, -0.15) is 0 Å². The van der Waals surface area contributed by atoms with Crippen molar-refractivity contribution < 1.29 is 136 Å². The van der Waals surface area contributed by atoms with E-state index in [1.807, 2.05) is 36.4 Å². The number of sulfonamides is 2. The van der Waals surface area contributed by atoms with Crippen molar-refractivity contribution in [2.24, 2.45) is 16.0 Å². The molecule has 0 fully saturated rings. The zero-order valence-electron chi connectivity index (χ0n) is 30.2. The molecule has 0 atom stereocenters. The quantitative estimate of drug-likeness (QED) is 0.0248. The summed E-state index contributed by atoms with van der Waals surface area (Å²) in [5, 5.41) is 22.1. The Balaban J connectivity index is -0.000000703. The number of hydrogen-bond donors (Lipinski definition) is 4.